The van der Waals surface area contributed by atoms with Gasteiger partial charge in [-0.05, 0) is 59.3 Å². The van der Waals surface area contributed by atoms with Gasteiger partial charge in [0.1, 0.15) is 11.6 Å². The second-order valence-corrected chi connectivity index (χ2v) is 8.12. The van der Waals surface area contributed by atoms with Crippen LogP contribution in [-0.2, 0) is 12.6 Å². The van der Waals surface area contributed by atoms with E-state index >= 15 is 0 Å². The van der Waals surface area contributed by atoms with E-state index in [9.17, 15) is 31.9 Å². The van der Waals surface area contributed by atoms with Crippen molar-refractivity contribution in [2.75, 3.05) is 0 Å². The van der Waals surface area contributed by atoms with E-state index in [-0.39, 0.29) is 17.4 Å². The van der Waals surface area contributed by atoms with Gasteiger partial charge in [-0.15, -0.1) is 0 Å². The van der Waals surface area contributed by atoms with Gasteiger partial charge in [0, 0.05) is 10.9 Å². The summed E-state index contributed by atoms with van der Waals surface area (Å²) in [6, 6.07) is 17.4. The minimum atomic E-state index is -4.50. The molecule has 0 saturated heterocycles. The van der Waals surface area contributed by atoms with Crippen LogP contribution in [-0.4, -0.2) is 17.1 Å². The molecule has 180 valence electrons. The van der Waals surface area contributed by atoms with Gasteiger partial charge < -0.3 is 10.4 Å². The van der Waals surface area contributed by atoms with Crippen LogP contribution in [0.25, 0.3) is 10.8 Å². The molecule has 4 rings (SSSR count). The molecule has 35 heavy (non-hydrogen) atoms. The van der Waals surface area contributed by atoms with Crippen molar-refractivity contribution in [2.24, 2.45) is 0 Å². The second kappa shape index (κ2) is 9.84. The molecule has 0 saturated carbocycles. The molecule has 0 spiro atoms. The largest absolute Gasteiger partial charge is 0.416 e. The smallest absolute Gasteiger partial charge is 0.386 e. The van der Waals surface area contributed by atoms with Crippen molar-refractivity contribution < 1.29 is 31.9 Å². The van der Waals surface area contributed by atoms with Crippen molar-refractivity contribution in [3.8, 4) is 0 Å². The Hall–Kier alpha value is -3.78. The summed E-state index contributed by atoms with van der Waals surface area (Å²) in [5.41, 5.74) is 0.102. The third kappa shape index (κ3) is 5.49. The third-order valence-corrected chi connectivity index (χ3v) is 5.76. The first-order valence-corrected chi connectivity index (χ1v) is 10.7. The summed E-state index contributed by atoms with van der Waals surface area (Å²) in [4.78, 5) is 13.2. The predicted molar refractivity (Wildman–Crippen MR) is 122 cm³/mol. The minimum Gasteiger partial charge on any atom is -0.386 e. The van der Waals surface area contributed by atoms with Gasteiger partial charge in [-0.1, -0.05) is 48.5 Å². The first-order valence-electron chi connectivity index (χ1n) is 10.7. The quantitative estimate of drug-likeness (QED) is 0.319. The van der Waals surface area contributed by atoms with Crippen LogP contribution in [0, 0.1) is 11.6 Å². The van der Waals surface area contributed by atoms with Gasteiger partial charge in [-0.3, -0.25) is 4.79 Å². The number of amides is 1. The molecule has 0 aliphatic heterocycles. The highest BCUT2D eigenvalue weighted by atomic mass is 19.4. The lowest BCUT2D eigenvalue weighted by atomic mass is 9.94. The number of fused-ring (bicyclic) bond motifs is 1. The Morgan fingerprint density at radius 2 is 1.46 bits per heavy atom. The first kappa shape index (κ1) is 24.3. The molecule has 0 bridgehead atoms. The zero-order valence-corrected chi connectivity index (χ0v) is 18.2. The average molecular weight is 485 g/mol. The SMILES string of the molecule is O=C(NC(Cc1ccc(C(F)(F)F)cc1)C(O)c1ccc(F)cc1)c1cccc2c(F)cccc12. The Bertz CT molecular complexity index is 1330. The number of aliphatic hydroxyl groups excluding tert-OH is 1. The maximum Gasteiger partial charge on any atom is 0.416 e. The van der Waals surface area contributed by atoms with E-state index in [1.807, 2.05) is 0 Å². The Labute approximate surface area is 197 Å². The molecule has 4 aromatic carbocycles. The van der Waals surface area contributed by atoms with Gasteiger partial charge >= 0.3 is 6.18 Å². The summed E-state index contributed by atoms with van der Waals surface area (Å²) < 4.78 is 66.3. The van der Waals surface area contributed by atoms with Crippen molar-refractivity contribution in [2.45, 2.75) is 24.7 Å². The third-order valence-electron chi connectivity index (χ3n) is 5.76. The maximum atomic E-state index is 14.2. The molecule has 0 aliphatic carbocycles. The summed E-state index contributed by atoms with van der Waals surface area (Å²) in [5.74, 6) is -1.61. The van der Waals surface area contributed by atoms with E-state index in [0.717, 1.165) is 24.3 Å². The number of alkyl halides is 3. The number of carbonyl (C=O) groups excluding carboxylic acids is 1. The molecule has 2 N–H and O–H groups in total. The lowest BCUT2D eigenvalue weighted by Gasteiger charge is -2.25. The second-order valence-electron chi connectivity index (χ2n) is 8.12. The molecule has 0 radical (unpaired) electrons. The molecule has 0 fully saturated rings. The van der Waals surface area contributed by atoms with E-state index < -0.39 is 41.4 Å². The number of carbonyl (C=O) groups is 1. The molecule has 2 atom stereocenters. The fourth-order valence-electron chi connectivity index (χ4n) is 3.93. The summed E-state index contributed by atoms with van der Waals surface area (Å²) in [7, 11) is 0. The lowest BCUT2D eigenvalue weighted by Crippen LogP contribution is -2.41. The van der Waals surface area contributed by atoms with E-state index in [4.69, 9.17) is 0 Å². The monoisotopic (exact) mass is 485 g/mol. The van der Waals surface area contributed by atoms with Gasteiger partial charge in [0.2, 0.25) is 0 Å². The minimum absolute atomic E-state index is 0.0124. The van der Waals surface area contributed by atoms with Crippen LogP contribution in [0.2, 0.25) is 0 Å². The number of hydrogen-bond acceptors (Lipinski definition) is 2. The molecule has 0 aliphatic rings. The van der Waals surface area contributed by atoms with Crippen LogP contribution in [0.15, 0.2) is 84.9 Å². The van der Waals surface area contributed by atoms with Crippen molar-refractivity contribution in [1.29, 1.82) is 0 Å². The van der Waals surface area contributed by atoms with E-state index in [1.165, 1.54) is 54.6 Å². The van der Waals surface area contributed by atoms with Crippen LogP contribution in [0.4, 0.5) is 22.0 Å². The molecule has 3 nitrogen and oxygen atoms in total. The average Bonchev–Trinajstić information content (AvgIpc) is 2.83. The van der Waals surface area contributed by atoms with E-state index in [2.05, 4.69) is 5.32 Å². The lowest BCUT2D eigenvalue weighted by molar-refractivity contribution is -0.137. The molecular weight excluding hydrogens is 465 g/mol. The molecule has 0 heterocycles. The molecule has 2 unspecified atom stereocenters. The Morgan fingerprint density at radius 1 is 0.829 bits per heavy atom. The zero-order valence-electron chi connectivity index (χ0n) is 18.2. The fourth-order valence-corrected chi connectivity index (χ4v) is 3.93. The Balaban J connectivity index is 1.66. The van der Waals surface area contributed by atoms with Crippen LogP contribution in [0.1, 0.15) is 33.2 Å². The number of halogens is 5. The van der Waals surface area contributed by atoms with Crippen molar-refractivity contribution in [1.82, 2.24) is 5.32 Å². The summed E-state index contributed by atoms with van der Waals surface area (Å²) >= 11 is 0. The van der Waals surface area contributed by atoms with Crippen LogP contribution >= 0.6 is 0 Å². The van der Waals surface area contributed by atoms with Crippen LogP contribution in [0.3, 0.4) is 0 Å². The zero-order chi connectivity index (χ0) is 25.2. The number of rotatable bonds is 6. The Morgan fingerprint density at radius 3 is 2.11 bits per heavy atom. The van der Waals surface area contributed by atoms with E-state index in [1.54, 1.807) is 6.07 Å². The number of benzene rings is 4. The summed E-state index contributed by atoms with van der Waals surface area (Å²) in [5, 5.41) is 14.3. The van der Waals surface area contributed by atoms with Crippen LogP contribution in [0.5, 0.6) is 0 Å². The van der Waals surface area contributed by atoms with Crippen molar-refractivity contribution >= 4 is 16.7 Å². The summed E-state index contributed by atoms with van der Waals surface area (Å²) in [6.07, 6.45) is -5.81. The topological polar surface area (TPSA) is 49.3 Å². The van der Waals surface area contributed by atoms with Gasteiger partial charge in [0.25, 0.3) is 5.91 Å². The van der Waals surface area contributed by atoms with Crippen molar-refractivity contribution in [3.63, 3.8) is 0 Å². The van der Waals surface area contributed by atoms with Gasteiger partial charge in [-0.2, -0.15) is 13.2 Å². The highest BCUT2D eigenvalue weighted by Crippen LogP contribution is 2.30. The number of aliphatic hydroxyl groups is 1. The number of nitrogens with one attached hydrogen (secondary N) is 1. The standard InChI is InChI=1S/C27H20F5NO2/c28-19-13-9-17(10-14-19)25(34)24(15-16-7-11-18(12-8-16)27(30,31)32)33-26(35)22-5-1-4-21-20(22)3-2-6-23(21)29/h1-14,24-25,34H,15H2,(H,33,35). The number of hydrogen-bond donors (Lipinski definition) is 2. The molecule has 1 amide bonds. The van der Waals surface area contributed by atoms with Crippen molar-refractivity contribution in [3.05, 3.63) is 119 Å². The fraction of sp³-hybridized carbons (Fsp3) is 0.148. The maximum absolute atomic E-state index is 14.2. The highest BCUT2D eigenvalue weighted by molar-refractivity contribution is 6.07. The Kier molecular flexibility index (Phi) is 6.84. The van der Waals surface area contributed by atoms with Gasteiger partial charge in [-0.25, -0.2) is 8.78 Å². The van der Waals surface area contributed by atoms with E-state index in [0.29, 0.717) is 16.5 Å². The van der Waals surface area contributed by atoms with Gasteiger partial charge in [0.05, 0.1) is 17.7 Å². The summed E-state index contributed by atoms with van der Waals surface area (Å²) in [6.45, 7) is 0. The normalized spacial score (nSPS) is 13.4. The predicted octanol–water partition coefficient (Wildman–Crippen LogP) is 6.21. The molecule has 4 aromatic rings. The molecular formula is C27H20F5NO2. The van der Waals surface area contributed by atoms with Crippen LogP contribution < -0.4 is 5.32 Å². The molecule has 8 heteroatoms. The van der Waals surface area contributed by atoms with Gasteiger partial charge in [0.15, 0.2) is 0 Å². The molecule has 0 aromatic heterocycles. The highest BCUT2D eigenvalue weighted by Gasteiger charge is 2.30. The first-order chi connectivity index (χ1) is 16.6.